The summed E-state index contributed by atoms with van der Waals surface area (Å²) in [7, 11) is 0. The highest BCUT2D eigenvalue weighted by Gasteiger charge is 2.43. The molecule has 1 aliphatic rings. The van der Waals surface area contributed by atoms with E-state index < -0.39 is 11.8 Å². The zero-order chi connectivity index (χ0) is 22.6. The second kappa shape index (κ2) is 7.38. The monoisotopic (exact) mass is 446 g/mol. The Kier molecular flexibility index (Phi) is 4.63. The Hall–Kier alpha value is -3.85. The molecule has 1 atom stereocenters. The topological polar surface area (TPSA) is 105 Å². The van der Waals surface area contributed by atoms with E-state index >= 15 is 0 Å². The summed E-state index contributed by atoms with van der Waals surface area (Å²) in [5.74, 6) is -1.83. The molecule has 0 spiro atoms. The van der Waals surface area contributed by atoms with Crippen LogP contribution in [0.25, 0.3) is 15.3 Å². The molecule has 9 heteroatoms. The first kappa shape index (κ1) is 20.1. The van der Waals surface area contributed by atoms with Gasteiger partial charge in [0.1, 0.15) is 0 Å². The van der Waals surface area contributed by atoms with E-state index in [1.165, 1.54) is 22.9 Å². The maximum absolute atomic E-state index is 13.2. The Balaban J connectivity index is 1.51. The summed E-state index contributed by atoms with van der Waals surface area (Å²) in [6.45, 7) is 3.16. The van der Waals surface area contributed by atoms with Crippen molar-refractivity contribution in [3.05, 3.63) is 75.7 Å². The van der Waals surface area contributed by atoms with Crippen LogP contribution in [0.15, 0.2) is 53.3 Å². The van der Waals surface area contributed by atoms with Crippen LogP contribution in [0.5, 0.6) is 0 Å². The van der Waals surface area contributed by atoms with Crippen LogP contribution in [0.1, 0.15) is 40.9 Å². The molecule has 1 unspecified atom stereocenters. The van der Waals surface area contributed by atoms with Gasteiger partial charge in [0.2, 0.25) is 16.9 Å². The lowest BCUT2D eigenvalue weighted by molar-refractivity contribution is -0.121. The van der Waals surface area contributed by atoms with Crippen molar-refractivity contribution in [1.82, 2.24) is 14.8 Å². The van der Waals surface area contributed by atoms with Gasteiger partial charge in [-0.25, -0.2) is 4.98 Å². The number of ketones is 1. The summed E-state index contributed by atoms with van der Waals surface area (Å²) in [6, 6.07) is 13.9. The summed E-state index contributed by atoms with van der Waals surface area (Å²) in [5.41, 5.74) is 2.05. The number of benzene rings is 2. The molecule has 0 saturated carbocycles. The van der Waals surface area contributed by atoms with Crippen molar-refractivity contribution in [2.45, 2.75) is 26.2 Å². The summed E-state index contributed by atoms with van der Waals surface area (Å²) in [4.78, 5) is 56.2. The van der Waals surface area contributed by atoms with Crippen molar-refractivity contribution in [1.29, 1.82) is 0 Å². The standard InChI is InChI=1S/C23H18N4O4S/c1-12-20(22(31)27(25-12)23-24-17-5-3-4-6-18(17)32-23)16-11-19(29)26(21(16)30)15-9-7-14(8-10-15)13(2)28/h3-10,16,25H,11H2,1-2H3. The first-order chi connectivity index (χ1) is 15.3. The van der Waals surface area contributed by atoms with Crippen LogP contribution in [0.4, 0.5) is 5.69 Å². The Morgan fingerprint density at radius 3 is 2.50 bits per heavy atom. The summed E-state index contributed by atoms with van der Waals surface area (Å²) in [6.07, 6.45) is -0.0962. The molecule has 160 valence electrons. The van der Waals surface area contributed by atoms with Crippen molar-refractivity contribution < 1.29 is 14.4 Å². The Morgan fingerprint density at radius 2 is 1.81 bits per heavy atom. The van der Waals surface area contributed by atoms with Crippen molar-refractivity contribution in [3.63, 3.8) is 0 Å². The number of hydrogen-bond acceptors (Lipinski definition) is 6. The molecule has 1 N–H and O–H groups in total. The van der Waals surface area contributed by atoms with E-state index in [9.17, 15) is 19.2 Å². The molecule has 1 saturated heterocycles. The molecule has 0 radical (unpaired) electrons. The van der Waals surface area contributed by atoms with Gasteiger partial charge in [0, 0.05) is 17.7 Å². The van der Waals surface area contributed by atoms with E-state index in [0.29, 0.717) is 22.1 Å². The number of carbonyl (C=O) groups is 3. The number of Topliss-reactive ketones (excluding diaryl/α,β-unsaturated/α-hetero) is 1. The number of nitrogens with one attached hydrogen (secondary N) is 1. The number of H-pyrrole nitrogens is 1. The lowest BCUT2D eigenvalue weighted by Gasteiger charge is -2.15. The smallest absolute Gasteiger partial charge is 0.277 e. The molecule has 4 aromatic rings. The number of imide groups is 1. The van der Waals surface area contributed by atoms with Crippen LogP contribution >= 0.6 is 11.3 Å². The molecule has 1 fully saturated rings. The summed E-state index contributed by atoms with van der Waals surface area (Å²) >= 11 is 1.36. The normalized spacial score (nSPS) is 16.3. The number of anilines is 1. The van der Waals surface area contributed by atoms with E-state index in [1.807, 2.05) is 24.3 Å². The van der Waals surface area contributed by atoms with Crippen LogP contribution in [0.3, 0.4) is 0 Å². The van der Waals surface area contributed by atoms with Gasteiger partial charge in [-0.15, -0.1) is 0 Å². The minimum absolute atomic E-state index is 0.0962. The van der Waals surface area contributed by atoms with Gasteiger partial charge in [0.25, 0.3) is 5.56 Å². The average Bonchev–Trinajstić information content (AvgIpc) is 3.41. The van der Waals surface area contributed by atoms with Gasteiger partial charge in [-0.2, -0.15) is 4.68 Å². The number of fused-ring (bicyclic) bond motifs is 1. The van der Waals surface area contributed by atoms with Gasteiger partial charge < -0.3 is 0 Å². The minimum atomic E-state index is -0.880. The molecule has 1 aliphatic heterocycles. The third-order valence-corrected chi connectivity index (χ3v) is 6.64. The van der Waals surface area contributed by atoms with E-state index in [2.05, 4.69) is 10.1 Å². The fraction of sp³-hybridized carbons (Fsp3) is 0.174. The number of aryl methyl sites for hydroxylation is 1. The number of amides is 2. The average molecular weight is 446 g/mol. The first-order valence-corrected chi connectivity index (χ1v) is 10.8. The molecule has 3 heterocycles. The van der Waals surface area contributed by atoms with Gasteiger partial charge >= 0.3 is 0 Å². The largest absolute Gasteiger partial charge is 0.295 e. The second-order valence-corrected chi connectivity index (χ2v) is 8.69. The van der Waals surface area contributed by atoms with E-state index in [0.717, 1.165) is 15.1 Å². The van der Waals surface area contributed by atoms with Crippen LogP contribution in [0, 0.1) is 6.92 Å². The van der Waals surface area contributed by atoms with Gasteiger partial charge in [0.15, 0.2) is 5.78 Å². The Labute approximate surface area is 186 Å². The van der Waals surface area contributed by atoms with Gasteiger partial charge in [-0.05, 0) is 50.2 Å². The van der Waals surface area contributed by atoms with E-state index in [4.69, 9.17) is 0 Å². The lowest BCUT2D eigenvalue weighted by atomic mass is 9.98. The fourth-order valence-electron chi connectivity index (χ4n) is 4.03. The number of thiazole rings is 1. The van der Waals surface area contributed by atoms with Crippen LogP contribution in [-0.4, -0.2) is 32.4 Å². The number of hydrogen-bond donors (Lipinski definition) is 1. The van der Waals surface area contributed by atoms with Crippen molar-refractivity contribution in [2.24, 2.45) is 0 Å². The fourth-order valence-corrected chi connectivity index (χ4v) is 4.96. The molecule has 0 aliphatic carbocycles. The molecule has 5 rings (SSSR count). The van der Waals surface area contributed by atoms with E-state index in [1.54, 1.807) is 31.2 Å². The van der Waals surface area contributed by atoms with Crippen LogP contribution in [-0.2, 0) is 9.59 Å². The zero-order valence-corrected chi connectivity index (χ0v) is 18.1. The quantitative estimate of drug-likeness (QED) is 0.382. The number of carbonyl (C=O) groups excluding carboxylic acids is 3. The summed E-state index contributed by atoms with van der Waals surface area (Å²) < 4.78 is 2.27. The van der Waals surface area contributed by atoms with Gasteiger partial charge in [0.05, 0.1) is 27.4 Å². The first-order valence-electron chi connectivity index (χ1n) is 10.0. The second-order valence-electron chi connectivity index (χ2n) is 7.68. The lowest BCUT2D eigenvalue weighted by Crippen LogP contribution is -2.31. The van der Waals surface area contributed by atoms with Crippen LogP contribution in [0.2, 0.25) is 0 Å². The zero-order valence-electron chi connectivity index (χ0n) is 17.3. The summed E-state index contributed by atoms with van der Waals surface area (Å²) in [5, 5.41) is 3.48. The third-order valence-electron chi connectivity index (χ3n) is 5.62. The predicted molar refractivity (Wildman–Crippen MR) is 121 cm³/mol. The number of aromatic amines is 1. The Bertz CT molecular complexity index is 1430. The molecule has 2 amide bonds. The highest BCUT2D eigenvalue weighted by Crippen LogP contribution is 2.33. The third kappa shape index (κ3) is 3.09. The highest BCUT2D eigenvalue weighted by atomic mass is 32.1. The minimum Gasteiger partial charge on any atom is -0.295 e. The van der Waals surface area contributed by atoms with Crippen LogP contribution < -0.4 is 10.5 Å². The number of para-hydroxylation sites is 1. The van der Waals surface area contributed by atoms with Gasteiger partial charge in [-0.3, -0.25) is 29.2 Å². The van der Waals surface area contributed by atoms with Gasteiger partial charge in [-0.1, -0.05) is 23.5 Å². The maximum Gasteiger partial charge on any atom is 0.277 e. The van der Waals surface area contributed by atoms with Crippen molar-refractivity contribution >= 4 is 44.8 Å². The van der Waals surface area contributed by atoms with Crippen molar-refractivity contribution in [2.75, 3.05) is 4.90 Å². The number of rotatable bonds is 4. The molecule has 8 nitrogen and oxygen atoms in total. The molecule has 32 heavy (non-hydrogen) atoms. The van der Waals surface area contributed by atoms with E-state index in [-0.39, 0.29) is 29.2 Å². The highest BCUT2D eigenvalue weighted by molar-refractivity contribution is 7.20. The predicted octanol–water partition coefficient (Wildman–Crippen LogP) is 3.33. The molecule has 2 aromatic heterocycles. The number of aromatic nitrogens is 3. The Morgan fingerprint density at radius 1 is 1.09 bits per heavy atom. The SMILES string of the molecule is CC(=O)c1ccc(N2C(=O)CC(c3c(C)[nH]n(-c4nc5ccccc5s4)c3=O)C2=O)cc1. The molecule has 0 bridgehead atoms. The molecule has 2 aromatic carbocycles. The number of nitrogens with zero attached hydrogens (tertiary/aromatic N) is 3. The molecular formula is C23H18N4O4S. The molecular weight excluding hydrogens is 428 g/mol. The van der Waals surface area contributed by atoms with Crippen molar-refractivity contribution in [3.8, 4) is 5.13 Å². The maximum atomic E-state index is 13.2.